The molecule has 7 nitrogen and oxygen atoms in total. The molecule has 2 aromatic carbocycles. The zero-order valence-electron chi connectivity index (χ0n) is 19.5. The molecule has 1 aliphatic heterocycles. The van der Waals surface area contributed by atoms with E-state index in [4.69, 9.17) is 14.2 Å². The molecule has 0 atom stereocenters. The van der Waals surface area contributed by atoms with Crippen molar-refractivity contribution in [2.24, 2.45) is 0 Å². The lowest BCUT2D eigenvalue weighted by atomic mass is 10.0. The highest BCUT2D eigenvalue weighted by Gasteiger charge is 2.25. The van der Waals surface area contributed by atoms with Gasteiger partial charge in [0.1, 0.15) is 0 Å². The fraction of sp³-hybridized carbons (Fsp3) is 0.440. The van der Waals surface area contributed by atoms with Gasteiger partial charge in [-0.1, -0.05) is 26.0 Å². The fourth-order valence-electron chi connectivity index (χ4n) is 3.88. The third-order valence-electron chi connectivity index (χ3n) is 5.82. The van der Waals surface area contributed by atoms with Gasteiger partial charge in [0.25, 0.3) is 5.91 Å². The molecule has 0 bridgehead atoms. The fourth-order valence-corrected chi connectivity index (χ4v) is 3.88. The summed E-state index contributed by atoms with van der Waals surface area (Å²) in [4.78, 5) is 29.3. The normalized spacial score (nSPS) is 13.8. The van der Waals surface area contributed by atoms with E-state index in [1.54, 1.807) is 38.4 Å². The number of piperazine rings is 1. The molecule has 172 valence electrons. The van der Waals surface area contributed by atoms with E-state index >= 15 is 0 Å². The second-order valence-electron chi connectivity index (χ2n) is 8.16. The molecule has 0 radical (unpaired) electrons. The summed E-state index contributed by atoms with van der Waals surface area (Å²) in [6.45, 7) is 6.33. The summed E-state index contributed by atoms with van der Waals surface area (Å²) in [6, 6.07) is 11.4. The molecule has 3 rings (SSSR count). The van der Waals surface area contributed by atoms with Gasteiger partial charge >= 0.3 is 0 Å². The van der Waals surface area contributed by atoms with Gasteiger partial charge in [-0.25, -0.2) is 0 Å². The van der Waals surface area contributed by atoms with Gasteiger partial charge in [0.15, 0.2) is 11.5 Å². The third-order valence-corrected chi connectivity index (χ3v) is 5.82. The zero-order chi connectivity index (χ0) is 23.3. The Morgan fingerprint density at radius 3 is 1.84 bits per heavy atom. The number of carbonyl (C=O) groups excluding carboxylic acids is 2. The van der Waals surface area contributed by atoms with Crippen LogP contribution < -0.4 is 14.2 Å². The lowest BCUT2D eigenvalue weighted by Gasteiger charge is -2.35. The number of nitrogens with zero attached hydrogens (tertiary/aromatic N) is 2. The Morgan fingerprint density at radius 2 is 1.38 bits per heavy atom. The van der Waals surface area contributed by atoms with Crippen LogP contribution in [0.5, 0.6) is 17.2 Å². The monoisotopic (exact) mass is 440 g/mol. The van der Waals surface area contributed by atoms with Gasteiger partial charge < -0.3 is 24.0 Å². The molecule has 0 aliphatic carbocycles. The van der Waals surface area contributed by atoms with Gasteiger partial charge in [0, 0.05) is 31.7 Å². The van der Waals surface area contributed by atoms with E-state index in [9.17, 15) is 9.59 Å². The quantitative estimate of drug-likeness (QED) is 0.660. The van der Waals surface area contributed by atoms with Crippen molar-refractivity contribution in [1.29, 1.82) is 0 Å². The van der Waals surface area contributed by atoms with Crippen molar-refractivity contribution < 1.29 is 23.8 Å². The van der Waals surface area contributed by atoms with Gasteiger partial charge in [0.05, 0.1) is 27.8 Å². The summed E-state index contributed by atoms with van der Waals surface area (Å²) in [6.07, 6.45) is 0.224. The molecule has 0 saturated carbocycles. The number of carbonyl (C=O) groups is 2. The minimum atomic E-state index is 0.00709. The summed E-state index contributed by atoms with van der Waals surface area (Å²) in [5.74, 6) is 1.99. The lowest BCUT2D eigenvalue weighted by molar-refractivity contribution is -0.131. The Bertz CT molecular complexity index is 922. The molecule has 1 aliphatic rings. The summed E-state index contributed by atoms with van der Waals surface area (Å²) in [5.41, 5.74) is 2.68. The second-order valence-corrected chi connectivity index (χ2v) is 8.16. The molecule has 0 N–H and O–H groups in total. The van der Waals surface area contributed by atoms with Crippen molar-refractivity contribution >= 4 is 11.8 Å². The van der Waals surface area contributed by atoms with E-state index in [1.165, 1.54) is 5.56 Å². The number of hydrogen-bond donors (Lipinski definition) is 0. The minimum Gasteiger partial charge on any atom is -0.493 e. The largest absolute Gasteiger partial charge is 0.493 e. The van der Waals surface area contributed by atoms with E-state index in [2.05, 4.69) is 13.8 Å². The Morgan fingerprint density at radius 1 is 0.844 bits per heavy atom. The van der Waals surface area contributed by atoms with Crippen LogP contribution in [0.1, 0.15) is 41.3 Å². The van der Waals surface area contributed by atoms with Crippen LogP contribution in [-0.2, 0) is 11.2 Å². The zero-order valence-corrected chi connectivity index (χ0v) is 19.5. The van der Waals surface area contributed by atoms with Crippen molar-refractivity contribution in [1.82, 2.24) is 9.80 Å². The molecular formula is C25H32N2O5. The maximum absolute atomic E-state index is 12.9. The van der Waals surface area contributed by atoms with E-state index in [1.807, 2.05) is 29.2 Å². The molecule has 2 amide bonds. The molecule has 32 heavy (non-hydrogen) atoms. The predicted molar refractivity (Wildman–Crippen MR) is 123 cm³/mol. The summed E-state index contributed by atoms with van der Waals surface area (Å²) in [7, 11) is 4.65. The van der Waals surface area contributed by atoms with Gasteiger partial charge in [-0.05, 0) is 41.3 Å². The maximum Gasteiger partial charge on any atom is 0.253 e. The third kappa shape index (κ3) is 5.15. The highest BCUT2D eigenvalue weighted by Crippen LogP contribution is 2.38. The number of hydrogen-bond acceptors (Lipinski definition) is 5. The van der Waals surface area contributed by atoms with Gasteiger partial charge in [-0.3, -0.25) is 9.59 Å². The number of rotatable bonds is 7. The Kier molecular flexibility index (Phi) is 7.62. The first-order chi connectivity index (χ1) is 15.4. The molecule has 0 spiro atoms. The average Bonchev–Trinajstić information content (AvgIpc) is 2.82. The highest BCUT2D eigenvalue weighted by molar-refractivity contribution is 5.94. The van der Waals surface area contributed by atoms with Crippen LogP contribution in [0.3, 0.4) is 0 Å². The summed E-state index contributed by atoms with van der Waals surface area (Å²) < 4.78 is 16.1. The van der Waals surface area contributed by atoms with Crippen LogP contribution in [0.4, 0.5) is 0 Å². The first-order valence-electron chi connectivity index (χ1n) is 10.8. The van der Waals surface area contributed by atoms with Gasteiger partial charge in [-0.2, -0.15) is 0 Å². The second kappa shape index (κ2) is 10.4. The van der Waals surface area contributed by atoms with E-state index in [0.29, 0.717) is 54.9 Å². The Balaban J connectivity index is 1.60. The van der Waals surface area contributed by atoms with E-state index in [-0.39, 0.29) is 18.2 Å². The molecule has 1 heterocycles. The molecule has 0 aromatic heterocycles. The van der Waals surface area contributed by atoms with Crippen LogP contribution in [0.15, 0.2) is 36.4 Å². The molecule has 1 fully saturated rings. The van der Waals surface area contributed by atoms with E-state index in [0.717, 1.165) is 5.56 Å². The smallest absolute Gasteiger partial charge is 0.253 e. The van der Waals surface area contributed by atoms with Crippen molar-refractivity contribution in [3.8, 4) is 17.2 Å². The van der Waals surface area contributed by atoms with Crippen LogP contribution in [-0.4, -0.2) is 69.1 Å². The lowest BCUT2D eigenvalue weighted by Crippen LogP contribution is -2.51. The van der Waals surface area contributed by atoms with Gasteiger partial charge in [-0.15, -0.1) is 0 Å². The topological polar surface area (TPSA) is 68.3 Å². The van der Waals surface area contributed by atoms with Crippen LogP contribution >= 0.6 is 0 Å². The Hall–Kier alpha value is -3.22. The van der Waals surface area contributed by atoms with Crippen molar-refractivity contribution in [3.05, 3.63) is 53.1 Å². The first kappa shape index (κ1) is 23.4. The number of benzene rings is 2. The summed E-state index contributed by atoms with van der Waals surface area (Å²) >= 11 is 0. The highest BCUT2D eigenvalue weighted by atomic mass is 16.5. The number of amides is 2. The first-order valence-corrected chi connectivity index (χ1v) is 10.8. The van der Waals surface area contributed by atoms with Crippen LogP contribution in [0.25, 0.3) is 0 Å². The number of ether oxygens (including phenoxy) is 3. The average molecular weight is 441 g/mol. The predicted octanol–water partition coefficient (Wildman–Crippen LogP) is 3.36. The van der Waals surface area contributed by atoms with Crippen LogP contribution in [0, 0.1) is 0 Å². The Labute approximate surface area is 189 Å². The molecule has 2 aromatic rings. The van der Waals surface area contributed by atoms with E-state index < -0.39 is 0 Å². The molecule has 0 unspecified atom stereocenters. The summed E-state index contributed by atoms with van der Waals surface area (Å²) in [5, 5.41) is 0. The minimum absolute atomic E-state index is 0.00709. The number of methoxy groups -OCH3 is 3. The van der Waals surface area contributed by atoms with Crippen molar-refractivity contribution in [3.63, 3.8) is 0 Å². The standard InChI is InChI=1S/C25H32N2O5/c1-17(2)19-6-8-20(9-7-19)25(29)27-12-10-26(11-13-27)23(28)16-18-14-21(30-3)24(32-5)22(15-18)31-4/h6-9,14-15,17H,10-13,16H2,1-5H3. The van der Waals surface area contributed by atoms with Crippen molar-refractivity contribution in [2.75, 3.05) is 47.5 Å². The SMILES string of the molecule is COc1cc(CC(=O)N2CCN(C(=O)c3ccc(C(C)C)cc3)CC2)cc(OC)c1OC. The van der Waals surface area contributed by atoms with Gasteiger partial charge in [0.2, 0.25) is 11.7 Å². The molecular weight excluding hydrogens is 408 g/mol. The van der Waals surface area contributed by atoms with Crippen molar-refractivity contribution in [2.45, 2.75) is 26.2 Å². The van der Waals surface area contributed by atoms with Crippen LogP contribution in [0.2, 0.25) is 0 Å². The molecule has 7 heteroatoms. The molecule has 1 saturated heterocycles. The maximum atomic E-state index is 12.9.